The van der Waals surface area contributed by atoms with Gasteiger partial charge in [-0.3, -0.25) is 4.18 Å². The molecule has 2 heterocycles. The summed E-state index contributed by atoms with van der Waals surface area (Å²) in [6.45, 7) is 7.72. The predicted molar refractivity (Wildman–Crippen MR) is 192 cm³/mol. The summed E-state index contributed by atoms with van der Waals surface area (Å²) in [5.41, 5.74) is 0.966. The summed E-state index contributed by atoms with van der Waals surface area (Å²) in [5.74, 6) is 4.52. The van der Waals surface area contributed by atoms with E-state index < -0.39 is 22.2 Å². The Morgan fingerprint density at radius 1 is 1.00 bits per heavy atom. The molecular formula is C40H58O9S. The second-order valence-electron chi connectivity index (χ2n) is 13.8. The van der Waals surface area contributed by atoms with Crippen LogP contribution in [0.1, 0.15) is 103 Å². The van der Waals surface area contributed by atoms with Crippen LogP contribution in [0.25, 0.3) is 0 Å². The minimum atomic E-state index is -4.05. The van der Waals surface area contributed by atoms with Crippen molar-refractivity contribution >= 4 is 16.1 Å². The van der Waals surface area contributed by atoms with Crippen LogP contribution in [0.2, 0.25) is 0 Å². The molecule has 0 amide bonds. The molecule has 0 aromatic heterocycles. The first-order valence-corrected chi connectivity index (χ1v) is 20.0. The first-order chi connectivity index (χ1) is 24.2. The van der Waals surface area contributed by atoms with Gasteiger partial charge >= 0.3 is 5.97 Å². The molecule has 3 aliphatic rings. The molecule has 3 fully saturated rings. The molecule has 2 aliphatic heterocycles. The number of aryl methyl sites for hydroxylation is 1. The molecule has 0 N–H and O–H groups in total. The number of carbonyl (C=O) groups is 1. The first kappa shape index (κ1) is 40.3. The number of unbranched alkanes of at least 4 members (excludes halogenated alkanes) is 2. The van der Waals surface area contributed by atoms with Gasteiger partial charge in [-0.1, -0.05) is 81.0 Å². The van der Waals surface area contributed by atoms with Gasteiger partial charge in [0, 0.05) is 37.9 Å². The Balaban J connectivity index is 1.64. The Labute approximate surface area is 300 Å². The quantitative estimate of drug-likeness (QED) is 0.0399. The van der Waals surface area contributed by atoms with Crippen molar-refractivity contribution < 1.29 is 41.1 Å². The van der Waals surface area contributed by atoms with E-state index in [0.717, 1.165) is 63.4 Å². The molecular weight excluding hydrogens is 656 g/mol. The van der Waals surface area contributed by atoms with Crippen molar-refractivity contribution in [3.63, 3.8) is 0 Å². The lowest BCUT2D eigenvalue weighted by Gasteiger charge is -2.31. The lowest BCUT2D eigenvalue weighted by atomic mass is 9.88. The van der Waals surface area contributed by atoms with Crippen LogP contribution >= 0.6 is 0 Å². The van der Waals surface area contributed by atoms with Crippen molar-refractivity contribution in [2.45, 2.75) is 140 Å². The summed E-state index contributed by atoms with van der Waals surface area (Å²) in [4.78, 5) is 11.6. The van der Waals surface area contributed by atoms with Gasteiger partial charge in [-0.25, -0.2) is 4.79 Å². The smallest absolute Gasteiger partial charge is 0.384 e. The highest BCUT2D eigenvalue weighted by Gasteiger charge is 2.46. The average molecular weight is 715 g/mol. The van der Waals surface area contributed by atoms with Gasteiger partial charge in [0.05, 0.1) is 30.3 Å². The fourth-order valence-corrected chi connectivity index (χ4v) is 8.03. The Kier molecular flexibility index (Phi) is 17.0. The van der Waals surface area contributed by atoms with Crippen molar-refractivity contribution in [3.8, 4) is 11.8 Å². The molecule has 0 bridgehead atoms. The highest BCUT2D eigenvalue weighted by Crippen LogP contribution is 2.42. The van der Waals surface area contributed by atoms with E-state index in [0.29, 0.717) is 32.5 Å². The van der Waals surface area contributed by atoms with Crippen LogP contribution in [0.15, 0.2) is 53.5 Å². The number of hydrogen-bond acceptors (Lipinski definition) is 9. The molecule has 9 nitrogen and oxygen atoms in total. The zero-order valence-corrected chi connectivity index (χ0v) is 31.2. The van der Waals surface area contributed by atoms with E-state index in [1.165, 1.54) is 13.5 Å². The molecule has 8 atom stereocenters. The fraction of sp³-hybridized carbons (Fsp3) is 0.675. The molecule has 278 valence electrons. The summed E-state index contributed by atoms with van der Waals surface area (Å²) < 4.78 is 63.3. The lowest BCUT2D eigenvalue weighted by Crippen LogP contribution is -2.32. The van der Waals surface area contributed by atoms with Crippen LogP contribution in [-0.4, -0.2) is 65.6 Å². The molecule has 10 heteroatoms. The van der Waals surface area contributed by atoms with E-state index in [-0.39, 0.29) is 47.4 Å². The van der Waals surface area contributed by atoms with Crippen molar-refractivity contribution in [2.24, 2.45) is 17.8 Å². The van der Waals surface area contributed by atoms with Crippen LogP contribution in [0, 0.1) is 36.5 Å². The SMILES string of the molecule is CCCCCC(C)[C@@H](C=C[C@@H]1[C@@H](CC=CCC#CC(=O)OC)[C@H](OS(=O)(=O)c2ccc(C)cc2)C[C@H]1OC1CCCCO1)OC1CCCCO1. The minimum Gasteiger partial charge on any atom is -0.459 e. The van der Waals surface area contributed by atoms with E-state index in [1.54, 1.807) is 24.3 Å². The van der Waals surface area contributed by atoms with E-state index in [4.69, 9.17) is 23.1 Å². The third-order valence-electron chi connectivity index (χ3n) is 9.85. The second kappa shape index (κ2) is 21.1. The van der Waals surface area contributed by atoms with Gasteiger partial charge in [-0.2, -0.15) is 8.42 Å². The van der Waals surface area contributed by atoms with Crippen LogP contribution < -0.4 is 0 Å². The van der Waals surface area contributed by atoms with Gasteiger partial charge in [-0.05, 0) is 82.3 Å². The molecule has 3 unspecified atom stereocenters. The number of ether oxygens (including phenoxy) is 5. The Hall–Kier alpha value is -2.52. The molecule has 1 aliphatic carbocycles. The molecule has 1 aromatic rings. The molecule has 50 heavy (non-hydrogen) atoms. The lowest BCUT2D eigenvalue weighted by molar-refractivity contribution is -0.193. The van der Waals surface area contributed by atoms with Gasteiger partial charge in [0.2, 0.25) is 0 Å². The molecule has 2 saturated heterocycles. The first-order valence-electron chi connectivity index (χ1n) is 18.6. The average Bonchev–Trinajstić information content (AvgIpc) is 3.42. The predicted octanol–water partition coefficient (Wildman–Crippen LogP) is 7.81. The highest BCUT2D eigenvalue weighted by atomic mass is 32.2. The second-order valence-corrected chi connectivity index (χ2v) is 15.4. The summed E-state index contributed by atoms with van der Waals surface area (Å²) in [5, 5.41) is 0. The van der Waals surface area contributed by atoms with Gasteiger partial charge in [-0.15, -0.1) is 0 Å². The summed E-state index contributed by atoms with van der Waals surface area (Å²) >= 11 is 0. The maximum Gasteiger partial charge on any atom is 0.384 e. The van der Waals surface area contributed by atoms with Gasteiger partial charge in [0.25, 0.3) is 10.1 Å². The number of allylic oxidation sites excluding steroid dienone is 2. The monoisotopic (exact) mass is 714 g/mol. The zero-order valence-electron chi connectivity index (χ0n) is 30.4. The van der Waals surface area contributed by atoms with E-state index >= 15 is 0 Å². The third kappa shape index (κ3) is 12.9. The molecule has 0 radical (unpaired) electrons. The summed E-state index contributed by atoms with van der Waals surface area (Å²) in [6, 6.07) is 6.72. The summed E-state index contributed by atoms with van der Waals surface area (Å²) in [7, 11) is -2.75. The molecule has 1 aromatic carbocycles. The van der Waals surface area contributed by atoms with E-state index in [9.17, 15) is 13.2 Å². The van der Waals surface area contributed by atoms with Crippen molar-refractivity contribution in [2.75, 3.05) is 20.3 Å². The highest BCUT2D eigenvalue weighted by molar-refractivity contribution is 7.86. The maximum atomic E-state index is 13.6. The standard InChI is InChI=1S/C40H58O9S/c1-5-6-9-16-31(3)35(47-39-19-12-14-27-45-39)26-25-34-33(17-10-7-8-11-18-38(41)44-4)37(29-36(34)48-40-20-13-15-28-46-40)49-50(42,43)32-23-21-30(2)22-24-32/h7,10,21-26,31,33-37,39-40H,5-6,8-9,12-17,19-20,27-29H2,1-4H3/t31?,33-,34-,35-,36-,37-,39?,40?/m1/s1. The van der Waals surface area contributed by atoms with E-state index in [2.05, 4.69) is 42.6 Å². The molecule has 1 saturated carbocycles. The molecule has 4 rings (SSSR count). The molecule has 0 spiro atoms. The van der Waals surface area contributed by atoms with E-state index in [1.807, 2.05) is 19.1 Å². The zero-order chi connectivity index (χ0) is 35.8. The Bertz CT molecular complexity index is 1380. The number of benzene rings is 1. The van der Waals surface area contributed by atoms with Gasteiger partial charge in [0.15, 0.2) is 12.6 Å². The number of rotatable bonds is 17. The largest absolute Gasteiger partial charge is 0.459 e. The Morgan fingerprint density at radius 2 is 1.72 bits per heavy atom. The Morgan fingerprint density at radius 3 is 2.38 bits per heavy atom. The van der Waals surface area contributed by atoms with Gasteiger partial charge < -0.3 is 23.7 Å². The number of esters is 1. The minimum absolute atomic E-state index is 0.129. The number of methoxy groups -OCH3 is 1. The number of carbonyl (C=O) groups excluding carboxylic acids is 1. The maximum absolute atomic E-state index is 13.6. The van der Waals surface area contributed by atoms with Crippen molar-refractivity contribution in [1.82, 2.24) is 0 Å². The van der Waals surface area contributed by atoms with Crippen LogP contribution in [0.4, 0.5) is 0 Å². The van der Waals surface area contributed by atoms with Crippen LogP contribution in [-0.2, 0) is 42.8 Å². The normalized spacial score (nSPS) is 27.2. The van der Waals surface area contributed by atoms with Crippen LogP contribution in [0.5, 0.6) is 0 Å². The van der Waals surface area contributed by atoms with Crippen molar-refractivity contribution in [1.29, 1.82) is 0 Å². The van der Waals surface area contributed by atoms with Gasteiger partial charge in [0.1, 0.15) is 0 Å². The third-order valence-corrected chi connectivity index (χ3v) is 11.2. The number of hydrogen-bond donors (Lipinski definition) is 0. The van der Waals surface area contributed by atoms with Crippen molar-refractivity contribution in [3.05, 3.63) is 54.1 Å². The summed E-state index contributed by atoms with van der Waals surface area (Å²) in [6.07, 6.45) is 18.1. The fourth-order valence-electron chi connectivity index (χ4n) is 6.90. The topological polar surface area (TPSA) is 107 Å². The van der Waals surface area contributed by atoms with Crippen LogP contribution in [0.3, 0.4) is 0 Å².